The number of hydrogen-bond acceptors (Lipinski definition) is 3. The van der Waals surface area contributed by atoms with Crippen LogP contribution in [0.2, 0.25) is 0 Å². The van der Waals surface area contributed by atoms with Crippen molar-refractivity contribution in [3.63, 3.8) is 0 Å². The van der Waals surface area contributed by atoms with Crippen LogP contribution in [0, 0.1) is 15.9 Å². The van der Waals surface area contributed by atoms with Crippen LogP contribution in [0.1, 0.15) is 18.9 Å². The molecule has 1 aromatic carbocycles. The van der Waals surface area contributed by atoms with Crippen LogP contribution in [0.25, 0.3) is 0 Å². The van der Waals surface area contributed by atoms with Gasteiger partial charge < -0.3 is 5.11 Å². The van der Waals surface area contributed by atoms with Crippen LogP contribution in [-0.4, -0.2) is 16.1 Å². The minimum absolute atomic E-state index is 0.269. The van der Waals surface area contributed by atoms with Crippen molar-refractivity contribution in [3.05, 3.63) is 39.7 Å². The van der Waals surface area contributed by atoms with Crippen LogP contribution in [0.4, 0.5) is 10.1 Å². The van der Waals surface area contributed by atoms with Crippen molar-refractivity contribution in [2.75, 3.05) is 0 Å². The number of nitro benzene ring substituents is 1. The maximum atomic E-state index is 13.5. The summed E-state index contributed by atoms with van der Waals surface area (Å²) >= 11 is 0. The molecule has 0 saturated carbocycles. The van der Waals surface area contributed by atoms with Gasteiger partial charge in [-0.05, 0) is 25.3 Å². The van der Waals surface area contributed by atoms with Crippen molar-refractivity contribution in [3.8, 4) is 0 Å². The molecule has 82 valence electrons. The molecule has 0 amide bonds. The molecular weight excluding hydrogens is 201 g/mol. The van der Waals surface area contributed by atoms with Gasteiger partial charge in [-0.2, -0.15) is 4.39 Å². The molecule has 0 bridgehead atoms. The van der Waals surface area contributed by atoms with Gasteiger partial charge in [-0.15, -0.1) is 0 Å². The van der Waals surface area contributed by atoms with E-state index in [1.807, 2.05) is 0 Å². The van der Waals surface area contributed by atoms with Gasteiger partial charge >= 0.3 is 5.69 Å². The number of halogens is 1. The average molecular weight is 213 g/mol. The highest BCUT2D eigenvalue weighted by Crippen LogP contribution is 2.21. The topological polar surface area (TPSA) is 63.4 Å². The quantitative estimate of drug-likeness (QED) is 0.615. The second-order valence-electron chi connectivity index (χ2n) is 3.40. The van der Waals surface area contributed by atoms with E-state index in [2.05, 4.69) is 0 Å². The van der Waals surface area contributed by atoms with Gasteiger partial charge in [0, 0.05) is 6.07 Å². The van der Waals surface area contributed by atoms with Gasteiger partial charge in [0.1, 0.15) is 0 Å². The largest absolute Gasteiger partial charge is 0.393 e. The summed E-state index contributed by atoms with van der Waals surface area (Å²) in [7, 11) is 0. The van der Waals surface area contributed by atoms with E-state index in [0.717, 1.165) is 6.07 Å². The molecule has 15 heavy (non-hydrogen) atoms. The summed E-state index contributed by atoms with van der Waals surface area (Å²) in [6, 6.07) is 4.06. The minimum Gasteiger partial charge on any atom is -0.393 e. The van der Waals surface area contributed by atoms with E-state index in [1.54, 1.807) is 6.92 Å². The van der Waals surface area contributed by atoms with E-state index in [0.29, 0.717) is 12.8 Å². The first-order valence-electron chi connectivity index (χ1n) is 4.62. The molecule has 0 aliphatic heterocycles. The summed E-state index contributed by atoms with van der Waals surface area (Å²) in [6.07, 6.45) is 0.146. The first kappa shape index (κ1) is 11.6. The van der Waals surface area contributed by atoms with Crippen molar-refractivity contribution in [1.82, 2.24) is 0 Å². The Balaban J connectivity index is 2.89. The zero-order valence-electron chi connectivity index (χ0n) is 8.31. The standard InChI is InChI=1S/C10H12FNO3/c1-7(13)5-6-8-3-2-4-9(10(8)11)12(14)15/h2-4,7,13H,5-6H2,1H3. The minimum atomic E-state index is -0.803. The molecule has 0 radical (unpaired) electrons. The van der Waals surface area contributed by atoms with E-state index in [1.165, 1.54) is 12.1 Å². The summed E-state index contributed by atoms with van der Waals surface area (Å²) < 4.78 is 13.5. The number of aliphatic hydroxyl groups is 1. The summed E-state index contributed by atoms with van der Waals surface area (Å²) in [5.41, 5.74) is -0.247. The number of rotatable bonds is 4. The van der Waals surface area contributed by atoms with E-state index < -0.39 is 22.5 Å². The van der Waals surface area contributed by atoms with Crippen molar-refractivity contribution in [2.45, 2.75) is 25.9 Å². The molecule has 4 nitrogen and oxygen atoms in total. The zero-order chi connectivity index (χ0) is 11.4. The Labute approximate surface area is 86.5 Å². The fourth-order valence-electron chi connectivity index (χ4n) is 1.26. The molecule has 1 atom stereocenters. The summed E-state index contributed by atoms with van der Waals surface area (Å²) in [5.74, 6) is -0.803. The van der Waals surface area contributed by atoms with E-state index in [-0.39, 0.29) is 5.56 Å². The molecule has 5 heteroatoms. The van der Waals surface area contributed by atoms with E-state index >= 15 is 0 Å². The predicted molar refractivity (Wildman–Crippen MR) is 53.1 cm³/mol. The summed E-state index contributed by atoms with van der Waals surface area (Å²) in [5, 5.41) is 19.5. The zero-order valence-corrected chi connectivity index (χ0v) is 8.31. The van der Waals surface area contributed by atoms with Gasteiger partial charge in [0.05, 0.1) is 11.0 Å². The smallest absolute Gasteiger partial charge is 0.305 e. The van der Waals surface area contributed by atoms with Crippen LogP contribution in [0.5, 0.6) is 0 Å². The van der Waals surface area contributed by atoms with Crippen molar-refractivity contribution < 1.29 is 14.4 Å². The Morgan fingerprint density at radius 1 is 1.60 bits per heavy atom. The number of nitro groups is 1. The summed E-state index contributed by atoms with van der Waals surface area (Å²) in [6.45, 7) is 1.59. The van der Waals surface area contributed by atoms with Crippen LogP contribution >= 0.6 is 0 Å². The third-order valence-electron chi connectivity index (χ3n) is 2.09. The first-order chi connectivity index (χ1) is 7.02. The SMILES string of the molecule is CC(O)CCc1cccc([N+](=O)[O-])c1F. The molecule has 1 unspecified atom stereocenters. The molecule has 0 aliphatic rings. The molecule has 1 rings (SSSR count). The van der Waals surface area contributed by atoms with Crippen LogP contribution in [0.3, 0.4) is 0 Å². The Morgan fingerprint density at radius 2 is 2.27 bits per heavy atom. The lowest BCUT2D eigenvalue weighted by Crippen LogP contribution is -2.04. The third-order valence-corrected chi connectivity index (χ3v) is 2.09. The fourth-order valence-corrected chi connectivity index (χ4v) is 1.26. The van der Waals surface area contributed by atoms with E-state index in [4.69, 9.17) is 5.11 Å². The van der Waals surface area contributed by atoms with Crippen molar-refractivity contribution in [2.24, 2.45) is 0 Å². The van der Waals surface area contributed by atoms with Gasteiger partial charge in [-0.1, -0.05) is 12.1 Å². The van der Waals surface area contributed by atoms with Gasteiger partial charge in [-0.25, -0.2) is 0 Å². The second-order valence-corrected chi connectivity index (χ2v) is 3.40. The number of nitrogens with zero attached hydrogens (tertiary/aromatic N) is 1. The van der Waals surface area contributed by atoms with Crippen molar-refractivity contribution >= 4 is 5.69 Å². The normalized spacial score (nSPS) is 12.5. The highest BCUT2D eigenvalue weighted by atomic mass is 19.1. The fraction of sp³-hybridized carbons (Fsp3) is 0.400. The maximum absolute atomic E-state index is 13.5. The molecule has 0 aliphatic carbocycles. The lowest BCUT2D eigenvalue weighted by atomic mass is 10.1. The predicted octanol–water partition coefficient (Wildman–Crippen LogP) is 2.05. The van der Waals surface area contributed by atoms with Crippen molar-refractivity contribution in [1.29, 1.82) is 0 Å². The van der Waals surface area contributed by atoms with Gasteiger partial charge in [0.25, 0.3) is 0 Å². The molecule has 1 N–H and O–H groups in total. The number of aryl methyl sites for hydroxylation is 1. The molecule has 0 heterocycles. The Bertz CT molecular complexity index is 366. The maximum Gasteiger partial charge on any atom is 0.305 e. The Kier molecular flexibility index (Phi) is 3.74. The number of aliphatic hydroxyl groups excluding tert-OH is 1. The number of benzene rings is 1. The second kappa shape index (κ2) is 4.84. The van der Waals surface area contributed by atoms with Gasteiger partial charge in [0.15, 0.2) is 0 Å². The number of hydrogen-bond donors (Lipinski definition) is 1. The third kappa shape index (κ3) is 2.99. The van der Waals surface area contributed by atoms with Crippen LogP contribution < -0.4 is 0 Å². The van der Waals surface area contributed by atoms with Gasteiger partial charge in [-0.3, -0.25) is 10.1 Å². The highest BCUT2D eigenvalue weighted by molar-refractivity contribution is 5.36. The molecule has 0 saturated heterocycles. The Hall–Kier alpha value is -1.49. The lowest BCUT2D eigenvalue weighted by molar-refractivity contribution is -0.387. The molecule has 1 aromatic rings. The molecule has 0 aromatic heterocycles. The summed E-state index contributed by atoms with van der Waals surface area (Å²) in [4.78, 5) is 9.68. The first-order valence-corrected chi connectivity index (χ1v) is 4.62. The van der Waals surface area contributed by atoms with E-state index in [9.17, 15) is 14.5 Å². The molecule has 0 fully saturated rings. The molecule has 0 spiro atoms. The van der Waals surface area contributed by atoms with Crippen LogP contribution in [-0.2, 0) is 6.42 Å². The van der Waals surface area contributed by atoms with Gasteiger partial charge in [0.2, 0.25) is 5.82 Å². The highest BCUT2D eigenvalue weighted by Gasteiger charge is 2.16. The van der Waals surface area contributed by atoms with Crippen LogP contribution in [0.15, 0.2) is 18.2 Å². The Morgan fingerprint density at radius 3 is 2.80 bits per heavy atom. The molecular formula is C10H12FNO3. The average Bonchev–Trinajstić information content (AvgIpc) is 2.15. The lowest BCUT2D eigenvalue weighted by Gasteiger charge is -2.05. The monoisotopic (exact) mass is 213 g/mol.